The summed E-state index contributed by atoms with van der Waals surface area (Å²) in [5.74, 6) is -0.972. The molecular weight excluding hydrogens is 470 g/mol. The number of nitrogens with zero attached hydrogens (tertiary/aromatic N) is 1. The zero-order valence-corrected chi connectivity index (χ0v) is 22.8. The minimum atomic E-state index is -0.741. The van der Waals surface area contributed by atoms with Crippen LogP contribution in [0.4, 0.5) is 0 Å². The Labute approximate surface area is 227 Å². The molecule has 0 bridgehead atoms. The smallest absolute Gasteiger partial charge is 0.305 e. The van der Waals surface area contributed by atoms with Gasteiger partial charge in [0.15, 0.2) is 0 Å². The summed E-state index contributed by atoms with van der Waals surface area (Å²) in [4.78, 5) is 12.3. The normalized spacial score (nSPS) is 16.1. The van der Waals surface area contributed by atoms with Gasteiger partial charge in [-0.05, 0) is 78.5 Å². The Morgan fingerprint density at radius 2 is 1.29 bits per heavy atom. The summed E-state index contributed by atoms with van der Waals surface area (Å²) in [6.07, 6.45) is 6.04. The molecule has 0 amide bonds. The van der Waals surface area contributed by atoms with E-state index in [0.717, 1.165) is 63.7 Å². The number of carbonyl (C=O) groups is 1. The maximum Gasteiger partial charge on any atom is 0.305 e. The van der Waals surface area contributed by atoms with Crippen molar-refractivity contribution in [3.05, 3.63) is 112 Å². The minimum absolute atomic E-state index is 0.231. The van der Waals surface area contributed by atoms with Gasteiger partial charge in [-0.2, -0.15) is 0 Å². The second kappa shape index (κ2) is 13.5. The van der Waals surface area contributed by atoms with Crippen molar-refractivity contribution in [2.24, 2.45) is 5.92 Å². The summed E-state index contributed by atoms with van der Waals surface area (Å²) in [6.45, 7) is 6.58. The largest absolute Gasteiger partial charge is 0.481 e. The topological polar surface area (TPSA) is 60.8 Å². The van der Waals surface area contributed by atoms with Crippen LogP contribution in [0, 0.1) is 5.92 Å². The predicted molar refractivity (Wildman–Crippen MR) is 155 cm³/mol. The fourth-order valence-corrected chi connectivity index (χ4v) is 5.41. The average Bonchev–Trinajstić information content (AvgIpc) is 3.11. The highest BCUT2D eigenvalue weighted by atomic mass is 16.4. The summed E-state index contributed by atoms with van der Waals surface area (Å²) in [5.41, 5.74) is 10.0. The van der Waals surface area contributed by atoms with Crippen molar-refractivity contribution in [2.45, 2.75) is 58.5 Å². The fourth-order valence-electron chi connectivity index (χ4n) is 5.41. The Hall–Kier alpha value is -3.21. The third-order valence-corrected chi connectivity index (χ3v) is 7.68. The molecule has 200 valence electrons. The van der Waals surface area contributed by atoms with Crippen LogP contribution in [-0.2, 0) is 17.6 Å². The quantitative estimate of drug-likeness (QED) is 0.377. The van der Waals surface area contributed by atoms with Crippen LogP contribution in [-0.4, -0.2) is 40.7 Å². The lowest BCUT2D eigenvalue weighted by Gasteiger charge is -2.30. The van der Waals surface area contributed by atoms with Gasteiger partial charge in [0.2, 0.25) is 0 Å². The van der Waals surface area contributed by atoms with E-state index in [0.29, 0.717) is 0 Å². The number of aryl methyl sites for hydroxylation is 2. The summed E-state index contributed by atoms with van der Waals surface area (Å²) >= 11 is 0. The van der Waals surface area contributed by atoms with E-state index >= 15 is 0 Å². The lowest BCUT2D eigenvalue weighted by molar-refractivity contribution is -0.140. The van der Waals surface area contributed by atoms with Gasteiger partial charge in [0, 0.05) is 13.1 Å². The molecule has 0 aromatic heterocycles. The number of likely N-dealkylation sites (tertiary alicyclic amines) is 1. The van der Waals surface area contributed by atoms with Gasteiger partial charge in [0.05, 0.1) is 12.0 Å². The van der Waals surface area contributed by atoms with Crippen LogP contribution in [0.5, 0.6) is 0 Å². The van der Waals surface area contributed by atoms with Crippen molar-refractivity contribution in [1.82, 2.24) is 4.90 Å². The Morgan fingerprint density at radius 1 is 0.789 bits per heavy atom. The number of fused-ring (bicyclic) bond motifs is 2. The Morgan fingerprint density at radius 3 is 1.82 bits per heavy atom. The molecule has 0 radical (unpaired) electrons. The van der Waals surface area contributed by atoms with Crippen LogP contribution >= 0.6 is 0 Å². The summed E-state index contributed by atoms with van der Waals surface area (Å²) < 4.78 is 0. The van der Waals surface area contributed by atoms with Gasteiger partial charge in [-0.25, -0.2) is 0 Å². The van der Waals surface area contributed by atoms with E-state index in [-0.39, 0.29) is 12.0 Å². The molecule has 1 aliphatic carbocycles. The summed E-state index contributed by atoms with van der Waals surface area (Å²) in [6, 6.07) is 28.1. The Balaban J connectivity index is 0.000000505. The third-order valence-electron chi connectivity index (χ3n) is 7.68. The Bertz CT molecular complexity index is 1170. The van der Waals surface area contributed by atoms with E-state index in [1.54, 1.807) is 19.4 Å². The standard InChI is InChI=1S/C30H33NO.C4H8O2/c32-29(25-11-2-1-3-12-25)15-8-20-31-21-18-26(19-22-31)30-27-13-6-4-9-23(27)16-17-24-10-5-7-14-28(24)30;1-3(2)4(5)6/h1-7,9-14,29,32H,8,15-22H2;3H,1-2H3,(H,5,6). The molecule has 1 unspecified atom stereocenters. The van der Waals surface area contributed by atoms with E-state index in [4.69, 9.17) is 5.11 Å². The molecular formula is C34H41NO3. The molecule has 4 nitrogen and oxygen atoms in total. The number of carboxylic acid groups (broad SMARTS) is 1. The van der Waals surface area contributed by atoms with Crippen LogP contribution < -0.4 is 0 Å². The third kappa shape index (κ3) is 7.21. The summed E-state index contributed by atoms with van der Waals surface area (Å²) in [5, 5.41) is 18.4. The van der Waals surface area contributed by atoms with Crippen molar-refractivity contribution in [1.29, 1.82) is 0 Å². The second-order valence-corrected chi connectivity index (χ2v) is 10.7. The molecule has 3 aromatic carbocycles. The second-order valence-electron chi connectivity index (χ2n) is 10.7. The molecule has 2 N–H and O–H groups in total. The maximum atomic E-state index is 10.4. The predicted octanol–water partition coefficient (Wildman–Crippen LogP) is 6.92. The maximum absolute atomic E-state index is 10.4. The van der Waals surface area contributed by atoms with E-state index in [9.17, 15) is 9.90 Å². The van der Waals surface area contributed by atoms with Gasteiger partial charge >= 0.3 is 5.97 Å². The van der Waals surface area contributed by atoms with Crippen molar-refractivity contribution in [3.63, 3.8) is 0 Å². The Kier molecular flexibility index (Phi) is 9.91. The number of aliphatic carboxylic acids is 1. The first-order valence-electron chi connectivity index (χ1n) is 14.0. The van der Waals surface area contributed by atoms with E-state index < -0.39 is 5.97 Å². The van der Waals surface area contributed by atoms with Crippen LogP contribution in [0.25, 0.3) is 5.57 Å². The first-order chi connectivity index (χ1) is 18.4. The van der Waals surface area contributed by atoms with Gasteiger partial charge in [0.1, 0.15) is 0 Å². The molecule has 1 heterocycles. The zero-order valence-electron chi connectivity index (χ0n) is 22.8. The summed E-state index contributed by atoms with van der Waals surface area (Å²) in [7, 11) is 0. The molecule has 1 saturated heterocycles. The van der Waals surface area contributed by atoms with Gasteiger partial charge in [0.25, 0.3) is 0 Å². The van der Waals surface area contributed by atoms with Gasteiger partial charge in [-0.3, -0.25) is 4.79 Å². The van der Waals surface area contributed by atoms with Crippen molar-refractivity contribution < 1.29 is 15.0 Å². The number of benzene rings is 3. The molecule has 1 atom stereocenters. The van der Waals surface area contributed by atoms with Gasteiger partial charge in [-0.1, -0.05) is 98.3 Å². The van der Waals surface area contributed by atoms with E-state index in [1.807, 2.05) is 30.3 Å². The van der Waals surface area contributed by atoms with Crippen molar-refractivity contribution in [2.75, 3.05) is 19.6 Å². The van der Waals surface area contributed by atoms with Crippen LogP contribution in [0.2, 0.25) is 0 Å². The highest BCUT2D eigenvalue weighted by molar-refractivity contribution is 5.86. The number of hydrogen-bond donors (Lipinski definition) is 2. The lowest BCUT2D eigenvalue weighted by Crippen LogP contribution is -2.32. The molecule has 1 aliphatic heterocycles. The molecule has 2 aliphatic rings. The SMILES string of the molecule is CC(C)C(=O)O.OC(CCCN1CCC(=C2c3ccccc3CCc3ccccc32)CC1)c1ccccc1. The van der Waals surface area contributed by atoms with E-state index in [1.165, 1.54) is 27.8 Å². The highest BCUT2D eigenvalue weighted by Gasteiger charge is 2.23. The van der Waals surface area contributed by atoms with Gasteiger partial charge < -0.3 is 15.1 Å². The number of rotatable bonds is 6. The van der Waals surface area contributed by atoms with Crippen LogP contribution in [0.15, 0.2) is 84.4 Å². The first kappa shape index (κ1) is 27.8. The molecule has 4 heteroatoms. The minimum Gasteiger partial charge on any atom is -0.481 e. The number of carboxylic acids is 1. The monoisotopic (exact) mass is 511 g/mol. The number of piperidine rings is 1. The number of hydrogen-bond acceptors (Lipinski definition) is 3. The number of aliphatic hydroxyl groups excluding tert-OH is 1. The first-order valence-corrected chi connectivity index (χ1v) is 14.0. The van der Waals surface area contributed by atoms with Crippen LogP contribution in [0.1, 0.15) is 73.5 Å². The molecule has 38 heavy (non-hydrogen) atoms. The average molecular weight is 512 g/mol. The highest BCUT2D eigenvalue weighted by Crippen LogP contribution is 2.38. The van der Waals surface area contributed by atoms with Crippen molar-refractivity contribution >= 4 is 11.5 Å². The van der Waals surface area contributed by atoms with E-state index in [2.05, 4.69) is 53.4 Å². The molecule has 5 rings (SSSR count). The molecule has 0 spiro atoms. The molecule has 0 saturated carbocycles. The van der Waals surface area contributed by atoms with Crippen LogP contribution in [0.3, 0.4) is 0 Å². The fraction of sp³-hybridized carbons (Fsp3) is 0.382. The molecule has 3 aromatic rings. The van der Waals surface area contributed by atoms with Gasteiger partial charge in [-0.15, -0.1) is 0 Å². The zero-order chi connectivity index (χ0) is 26.9. The molecule has 1 fully saturated rings. The van der Waals surface area contributed by atoms with Crippen molar-refractivity contribution in [3.8, 4) is 0 Å². The lowest BCUT2D eigenvalue weighted by atomic mass is 9.86. The number of aliphatic hydroxyl groups is 1.